The van der Waals surface area contributed by atoms with Crippen molar-refractivity contribution in [1.29, 1.82) is 0 Å². The van der Waals surface area contributed by atoms with Gasteiger partial charge >= 0.3 is 18.0 Å². The van der Waals surface area contributed by atoms with Crippen LogP contribution < -0.4 is 10.6 Å². The average molecular weight is 292 g/mol. The molecule has 0 spiro atoms. The Morgan fingerprint density at radius 1 is 1.37 bits per heavy atom. The average Bonchev–Trinajstić information content (AvgIpc) is 2.35. The van der Waals surface area contributed by atoms with Crippen LogP contribution in [-0.4, -0.2) is 53.8 Å². The number of urea groups is 1. The molecule has 0 unspecified atom stereocenters. The van der Waals surface area contributed by atoms with Crippen molar-refractivity contribution in [3.8, 4) is 0 Å². The number of carboxylic acid groups (broad SMARTS) is 1. The van der Waals surface area contributed by atoms with Gasteiger partial charge in [-0.05, 0) is 20.1 Å². The summed E-state index contributed by atoms with van der Waals surface area (Å²) in [5.74, 6) is -1.98. The van der Waals surface area contributed by atoms with Crippen molar-refractivity contribution < 1.29 is 24.2 Å². The number of esters is 1. The van der Waals surface area contributed by atoms with Gasteiger partial charge in [0.15, 0.2) is 0 Å². The molecule has 0 saturated heterocycles. The topological polar surface area (TPSA) is 105 Å². The van der Waals surface area contributed by atoms with Crippen LogP contribution in [0.25, 0.3) is 0 Å². The number of hydrogen-bond donors (Lipinski definition) is 3. The molecule has 3 N–H and O–H groups in total. The van der Waals surface area contributed by atoms with Gasteiger partial charge in [0.2, 0.25) is 0 Å². The van der Waals surface area contributed by atoms with Crippen molar-refractivity contribution in [1.82, 2.24) is 10.6 Å². The molecule has 0 heterocycles. The zero-order chi connectivity index (χ0) is 15.1. The Morgan fingerprint density at radius 2 is 1.95 bits per heavy atom. The Bertz CT molecular complexity index is 346. The molecule has 0 aliphatic heterocycles. The van der Waals surface area contributed by atoms with E-state index in [0.717, 1.165) is 7.11 Å². The fraction of sp³-hybridized carbons (Fsp3) is 0.727. The number of amides is 2. The van der Waals surface area contributed by atoms with E-state index >= 15 is 0 Å². The van der Waals surface area contributed by atoms with Gasteiger partial charge in [0.25, 0.3) is 0 Å². The molecule has 0 aromatic carbocycles. The van der Waals surface area contributed by atoms with Crippen LogP contribution in [0.15, 0.2) is 0 Å². The van der Waals surface area contributed by atoms with Crippen LogP contribution in [0.2, 0.25) is 0 Å². The van der Waals surface area contributed by atoms with Crippen LogP contribution in [0.1, 0.15) is 20.3 Å². The van der Waals surface area contributed by atoms with E-state index in [1.165, 1.54) is 0 Å². The Morgan fingerprint density at radius 3 is 2.37 bits per heavy atom. The number of carbonyl (C=O) groups is 3. The van der Waals surface area contributed by atoms with E-state index in [4.69, 9.17) is 5.11 Å². The van der Waals surface area contributed by atoms with Gasteiger partial charge in [-0.25, -0.2) is 9.59 Å². The minimum atomic E-state index is -1.30. The van der Waals surface area contributed by atoms with Gasteiger partial charge in [-0.2, -0.15) is 11.8 Å². The molecule has 8 heteroatoms. The molecule has 0 bridgehead atoms. The Balaban J connectivity index is 4.33. The van der Waals surface area contributed by atoms with Gasteiger partial charge in [0, 0.05) is 11.3 Å². The number of thioether (sulfide) groups is 1. The lowest BCUT2D eigenvalue weighted by Crippen LogP contribution is -2.49. The summed E-state index contributed by atoms with van der Waals surface area (Å²) in [5, 5.41) is 13.7. The highest BCUT2D eigenvalue weighted by Crippen LogP contribution is 2.19. The van der Waals surface area contributed by atoms with Crippen LogP contribution >= 0.6 is 11.8 Å². The molecule has 0 aromatic heterocycles. The number of rotatable bonds is 7. The molecule has 0 rings (SSSR count). The summed E-state index contributed by atoms with van der Waals surface area (Å²) in [6.45, 7) is 4.27. The maximum absolute atomic E-state index is 11.5. The van der Waals surface area contributed by atoms with Crippen LogP contribution in [0.3, 0.4) is 0 Å². The van der Waals surface area contributed by atoms with Crippen molar-refractivity contribution in [3.05, 3.63) is 0 Å². The van der Waals surface area contributed by atoms with Gasteiger partial charge < -0.3 is 20.5 Å². The van der Waals surface area contributed by atoms with Gasteiger partial charge in [0.05, 0.1) is 13.5 Å². The van der Waals surface area contributed by atoms with E-state index in [1.807, 2.05) is 20.1 Å². The highest BCUT2D eigenvalue weighted by Gasteiger charge is 2.24. The first-order valence-corrected chi connectivity index (χ1v) is 6.83. The SMILES string of the molecule is COC(=O)C[C@H](NC(=O)NCC(C)(C)SC)C(=O)O. The number of nitrogens with one attached hydrogen (secondary N) is 2. The Hall–Kier alpha value is -1.44. The third-order valence-corrected chi connectivity index (χ3v) is 3.68. The van der Waals surface area contributed by atoms with E-state index < -0.39 is 30.4 Å². The van der Waals surface area contributed by atoms with Crippen LogP contribution in [0, 0.1) is 0 Å². The summed E-state index contributed by atoms with van der Waals surface area (Å²) < 4.78 is 4.21. The van der Waals surface area contributed by atoms with Crippen molar-refractivity contribution in [2.75, 3.05) is 19.9 Å². The fourth-order valence-corrected chi connectivity index (χ4v) is 1.24. The van der Waals surface area contributed by atoms with Crippen molar-refractivity contribution in [3.63, 3.8) is 0 Å². The first kappa shape index (κ1) is 17.6. The normalized spacial score (nSPS) is 12.4. The maximum atomic E-state index is 11.5. The lowest BCUT2D eigenvalue weighted by Gasteiger charge is -2.23. The highest BCUT2D eigenvalue weighted by atomic mass is 32.2. The summed E-state index contributed by atoms with van der Waals surface area (Å²) in [7, 11) is 1.16. The molecule has 110 valence electrons. The second-order valence-corrected chi connectivity index (χ2v) is 5.98. The number of carboxylic acids is 1. The molecule has 7 nitrogen and oxygen atoms in total. The van der Waals surface area contributed by atoms with Crippen molar-refractivity contribution >= 4 is 29.7 Å². The molecule has 1 atom stereocenters. The fourth-order valence-electron chi connectivity index (χ4n) is 1.02. The van der Waals surface area contributed by atoms with Crippen LogP contribution in [0.5, 0.6) is 0 Å². The first-order valence-electron chi connectivity index (χ1n) is 5.61. The Kier molecular flexibility index (Phi) is 7.28. The number of hydrogen-bond acceptors (Lipinski definition) is 5. The number of carbonyl (C=O) groups excluding carboxylic acids is 2. The third kappa shape index (κ3) is 7.55. The lowest BCUT2D eigenvalue weighted by molar-refractivity contribution is -0.147. The first-order chi connectivity index (χ1) is 8.71. The summed E-state index contributed by atoms with van der Waals surface area (Å²) in [4.78, 5) is 33.4. The van der Waals surface area contributed by atoms with Gasteiger partial charge in [-0.3, -0.25) is 4.79 Å². The van der Waals surface area contributed by atoms with E-state index in [9.17, 15) is 14.4 Å². The molecule has 0 fully saturated rings. The van der Waals surface area contributed by atoms with Crippen LogP contribution in [0.4, 0.5) is 4.79 Å². The molecule has 2 amide bonds. The lowest BCUT2D eigenvalue weighted by atomic mass is 10.2. The Labute approximate surface area is 116 Å². The highest BCUT2D eigenvalue weighted by molar-refractivity contribution is 7.99. The van der Waals surface area contributed by atoms with Gasteiger partial charge in [0.1, 0.15) is 6.04 Å². The third-order valence-electron chi connectivity index (χ3n) is 2.43. The molecular weight excluding hydrogens is 272 g/mol. The smallest absolute Gasteiger partial charge is 0.326 e. The number of ether oxygens (including phenoxy) is 1. The summed E-state index contributed by atoms with van der Waals surface area (Å²) in [6, 6.07) is -1.93. The van der Waals surface area contributed by atoms with Crippen LogP contribution in [-0.2, 0) is 14.3 Å². The zero-order valence-corrected chi connectivity index (χ0v) is 12.3. The van der Waals surface area contributed by atoms with E-state index in [-0.39, 0.29) is 4.75 Å². The summed E-state index contributed by atoms with van der Waals surface area (Å²) in [6.07, 6.45) is 1.50. The predicted octanol–water partition coefficient (Wildman–Crippen LogP) is 0.444. The monoisotopic (exact) mass is 292 g/mol. The number of methoxy groups -OCH3 is 1. The molecule has 0 aliphatic carbocycles. The zero-order valence-electron chi connectivity index (χ0n) is 11.5. The standard InChI is InChI=1S/C11H20N2O5S/c1-11(2,19-4)6-12-10(17)13-7(9(15)16)5-8(14)18-3/h7H,5-6H2,1-4H3,(H,15,16)(H2,12,13,17)/t7-/m0/s1. The molecule has 19 heavy (non-hydrogen) atoms. The number of aliphatic carboxylic acids is 1. The molecular formula is C11H20N2O5S. The molecule has 0 saturated carbocycles. The van der Waals surface area contributed by atoms with Gasteiger partial charge in [-0.1, -0.05) is 0 Å². The minimum absolute atomic E-state index is 0.154. The summed E-state index contributed by atoms with van der Waals surface area (Å²) in [5.41, 5.74) is 0. The van der Waals surface area contributed by atoms with Crippen molar-refractivity contribution in [2.24, 2.45) is 0 Å². The quantitative estimate of drug-likeness (QED) is 0.588. The minimum Gasteiger partial charge on any atom is -0.480 e. The second kappa shape index (κ2) is 7.88. The maximum Gasteiger partial charge on any atom is 0.326 e. The molecule has 0 aromatic rings. The largest absolute Gasteiger partial charge is 0.480 e. The summed E-state index contributed by atoms with van der Waals surface area (Å²) >= 11 is 1.58. The van der Waals surface area contributed by atoms with E-state index in [0.29, 0.717) is 6.54 Å². The van der Waals surface area contributed by atoms with Crippen molar-refractivity contribution in [2.45, 2.75) is 31.1 Å². The van der Waals surface area contributed by atoms with E-state index in [2.05, 4.69) is 15.4 Å². The van der Waals surface area contributed by atoms with Gasteiger partial charge in [-0.15, -0.1) is 0 Å². The van der Waals surface area contributed by atoms with E-state index in [1.54, 1.807) is 11.8 Å². The predicted molar refractivity (Wildman–Crippen MR) is 72.2 cm³/mol. The molecule has 0 aliphatic rings. The molecule has 0 radical (unpaired) electrons. The second-order valence-electron chi connectivity index (χ2n) is 4.46.